The molecule has 1 aromatic carbocycles. The monoisotopic (exact) mass is 362 g/mol. The summed E-state index contributed by atoms with van der Waals surface area (Å²) in [5.41, 5.74) is 0. The molecule has 2 heterocycles. The second-order valence-corrected chi connectivity index (χ2v) is 8.20. The summed E-state index contributed by atoms with van der Waals surface area (Å²) in [5, 5.41) is 0. The van der Waals surface area contributed by atoms with E-state index in [1.807, 2.05) is 6.07 Å². The molecule has 2 aromatic rings. The zero-order valence-corrected chi connectivity index (χ0v) is 15.0. The van der Waals surface area contributed by atoms with Crippen LogP contribution in [0.3, 0.4) is 0 Å². The van der Waals surface area contributed by atoms with Crippen molar-refractivity contribution >= 4 is 15.9 Å². The van der Waals surface area contributed by atoms with Gasteiger partial charge in [-0.15, -0.1) is 0 Å². The molecule has 1 saturated heterocycles. The highest BCUT2D eigenvalue weighted by Crippen LogP contribution is 2.25. The molecule has 0 N–H and O–H groups in total. The topological polar surface area (TPSA) is 70.8 Å². The number of carbonyl (C=O) groups excluding carboxylic acids is 1. The predicted molar refractivity (Wildman–Crippen MR) is 93.1 cm³/mol. The second kappa shape index (κ2) is 7.41. The molecule has 0 spiro atoms. The fourth-order valence-electron chi connectivity index (χ4n) is 3.11. The minimum Gasteiger partial charge on any atom is -0.467 e. The standard InChI is InChI=1S/C18H22N2O4S/c1-19(14-16-6-5-13-24-16)18(21)15-9-11-20(12-10-15)25(22,23)17-7-3-2-4-8-17/h2-8,13,15H,9-12,14H2,1H3. The average molecular weight is 362 g/mol. The Balaban J connectivity index is 1.59. The maximum absolute atomic E-state index is 12.6. The normalized spacial score (nSPS) is 16.7. The van der Waals surface area contributed by atoms with Crippen LogP contribution in [0.15, 0.2) is 58.0 Å². The van der Waals surface area contributed by atoms with Crippen LogP contribution in [0.2, 0.25) is 0 Å². The number of sulfonamides is 1. The highest BCUT2D eigenvalue weighted by molar-refractivity contribution is 7.89. The molecule has 134 valence electrons. The molecule has 3 rings (SSSR count). The molecule has 1 aliphatic heterocycles. The van der Waals surface area contributed by atoms with Gasteiger partial charge in [0.25, 0.3) is 0 Å². The van der Waals surface area contributed by atoms with Crippen LogP contribution in [0, 0.1) is 5.92 Å². The van der Waals surface area contributed by atoms with Gasteiger partial charge >= 0.3 is 0 Å². The van der Waals surface area contributed by atoms with E-state index in [2.05, 4.69) is 0 Å². The van der Waals surface area contributed by atoms with Crippen molar-refractivity contribution in [2.45, 2.75) is 24.3 Å². The van der Waals surface area contributed by atoms with Crippen molar-refractivity contribution < 1.29 is 17.6 Å². The van der Waals surface area contributed by atoms with Crippen molar-refractivity contribution in [3.63, 3.8) is 0 Å². The van der Waals surface area contributed by atoms with Crippen LogP contribution < -0.4 is 0 Å². The first-order valence-electron chi connectivity index (χ1n) is 8.31. The molecule has 0 radical (unpaired) electrons. The van der Waals surface area contributed by atoms with Gasteiger partial charge in [0.15, 0.2) is 0 Å². The Hall–Kier alpha value is -2.12. The lowest BCUT2D eigenvalue weighted by molar-refractivity contribution is -0.136. The smallest absolute Gasteiger partial charge is 0.243 e. The van der Waals surface area contributed by atoms with E-state index in [-0.39, 0.29) is 11.8 Å². The maximum atomic E-state index is 12.6. The molecule has 1 amide bonds. The number of hydrogen-bond donors (Lipinski definition) is 0. The van der Waals surface area contributed by atoms with Gasteiger partial charge in [-0.05, 0) is 37.1 Å². The highest BCUT2D eigenvalue weighted by Gasteiger charge is 2.33. The third-order valence-electron chi connectivity index (χ3n) is 4.53. The van der Waals surface area contributed by atoms with E-state index in [0.717, 1.165) is 5.76 Å². The van der Waals surface area contributed by atoms with E-state index >= 15 is 0 Å². The summed E-state index contributed by atoms with van der Waals surface area (Å²) in [6, 6.07) is 12.0. The van der Waals surface area contributed by atoms with E-state index in [1.54, 1.807) is 54.6 Å². The molecular weight excluding hydrogens is 340 g/mol. The summed E-state index contributed by atoms with van der Waals surface area (Å²) >= 11 is 0. The van der Waals surface area contributed by atoms with Gasteiger partial charge in [-0.25, -0.2) is 8.42 Å². The lowest BCUT2D eigenvalue weighted by Crippen LogP contribution is -2.43. The van der Waals surface area contributed by atoms with Crippen molar-refractivity contribution in [1.82, 2.24) is 9.21 Å². The largest absolute Gasteiger partial charge is 0.467 e. The van der Waals surface area contributed by atoms with Gasteiger partial charge in [0, 0.05) is 26.1 Å². The van der Waals surface area contributed by atoms with Crippen molar-refractivity contribution in [3.05, 3.63) is 54.5 Å². The van der Waals surface area contributed by atoms with E-state index in [1.165, 1.54) is 4.31 Å². The van der Waals surface area contributed by atoms with Crippen molar-refractivity contribution in [1.29, 1.82) is 0 Å². The zero-order chi connectivity index (χ0) is 17.9. The molecule has 6 nitrogen and oxygen atoms in total. The summed E-state index contributed by atoms with van der Waals surface area (Å²) in [6.45, 7) is 1.15. The fourth-order valence-corrected chi connectivity index (χ4v) is 4.60. The number of benzene rings is 1. The summed E-state index contributed by atoms with van der Waals surface area (Å²) in [5.74, 6) is 0.621. The molecule has 0 unspecified atom stereocenters. The van der Waals surface area contributed by atoms with Crippen molar-refractivity contribution in [2.24, 2.45) is 5.92 Å². The lowest BCUT2D eigenvalue weighted by Gasteiger charge is -2.32. The first kappa shape index (κ1) is 17.7. The maximum Gasteiger partial charge on any atom is 0.243 e. The van der Waals surface area contributed by atoms with Gasteiger partial charge in [-0.2, -0.15) is 4.31 Å². The van der Waals surface area contributed by atoms with Crippen LogP contribution in [-0.2, 0) is 21.4 Å². The van der Waals surface area contributed by atoms with Crippen LogP contribution >= 0.6 is 0 Å². The predicted octanol–water partition coefficient (Wildman–Crippen LogP) is 2.34. The summed E-state index contributed by atoms with van der Waals surface area (Å²) in [6.07, 6.45) is 2.65. The minimum absolute atomic E-state index is 0.0353. The Morgan fingerprint density at radius 1 is 1.16 bits per heavy atom. The van der Waals surface area contributed by atoms with E-state index in [0.29, 0.717) is 37.4 Å². The van der Waals surface area contributed by atoms with Crippen molar-refractivity contribution in [3.8, 4) is 0 Å². The third-order valence-corrected chi connectivity index (χ3v) is 6.45. The minimum atomic E-state index is -3.48. The van der Waals surface area contributed by atoms with Gasteiger partial charge in [0.1, 0.15) is 5.76 Å². The molecule has 1 fully saturated rings. The summed E-state index contributed by atoms with van der Waals surface area (Å²) in [7, 11) is -1.73. The quantitative estimate of drug-likeness (QED) is 0.818. The number of carbonyl (C=O) groups is 1. The molecule has 0 aliphatic carbocycles. The first-order valence-corrected chi connectivity index (χ1v) is 9.75. The molecule has 1 aromatic heterocycles. The Bertz CT molecular complexity index is 795. The second-order valence-electron chi connectivity index (χ2n) is 6.27. The number of rotatable bonds is 5. The van der Waals surface area contributed by atoms with Gasteiger partial charge in [-0.1, -0.05) is 18.2 Å². The molecule has 1 aliphatic rings. The Morgan fingerprint density at radius 2 is 1.84 bits per heavy atom. The SMILES string of the molecule is CN(Cc1ccco1)C(=O)C1CCN(S(=O)(=O)c2ccccc2)CC1. The molecule has 7 heteroatoms. The van der Waals surface area contributed by atoms with Crippen molar-refractivity contribution in [2.75, 3.05) is 20.1 Å². The molecule has 0 bridgehead atoms. The molecule has 0 atom stereocenters. The summed E-state index contributed by atoms with van der Waals surface area (Å²) < 4.78 is 32.0. The van der Waals surface area contributed by atoms with Crippen LogP contribution in [0.4, 0.5) is 0 Å². The third kappa shape index (κ3) is 3.93. The van der Waals surface area contributed by atoms with Gasteiger partial charge < -0.3 is 9.32 Å². The van der Waals surface area contributed by atoms with Gasteiger partial charge in [-0.3, -0.25) is 4.79 Å². The fraction of sp³-hybridized carbons (Fsp3) is 0.389. The zero-order valence-electron chi connectivity index (χ0n) is 14.2. The van der Waals surface area contributed by atoms with Gasteiger partial charge in [0.05, 0.1) is 17.7 Å². The number of furan rings is 1. The molecule has 25 heavy (non-hydrogen) atoms. The Kier molecular flexibility index (Phi) is 5.24. The van der Waals surface area contributed by atoms with Crippen LogP contribution in [0.1, 0.15) is 18.6 Å². The van der Waals surface area contributed by atoms with E-state index in [4.69, 9.17) is 4.42 Å². The highest BCUT2D eigenvalue weighted by atomic mass is 32.2. The van der Waals surface area contributed by atoms with Gasteiger partial charge in [0.2, 0.25) is 15.9 Å². The Labute approximate surface area is 148 Å². The van der Waals surface area contributed by atoms with E-state index in [9.17, 15) is 13.2 Å². The summed E-state index contributed by atoms with van der Waals surface area (Å²) in [4.78, 5) is 14.5. The molecular formula is C18H22N2O4S. The lowest BCUT2D eigenvalue weighted by atomic mass is 9.96. The number of hydrogen-bond acceptors (Lipinski definition) is 4. The first-order chi connectivity index (χ1) is 12.0. The molecule has 0 saturated carbocycles. The van der Waals surface area contributed by atoms with Crippen LogP contribution in [-0.4, -0.2) is 43.7 Å². The van der Waals surface area contributed by atoms with Crippen LogP contribution in [0.5, 0.6) is 0 Å². The van der Waals surface area contributed by atoms with Crippen LogP contribution in [0.25, 0.3) is 0 Å². The average Bonchev–Trinajstić information content (AvgIpc) is 3.15. The number of amides is 1. The number of piperidine rings is 1. The number of nitrogens with zero attached hydrogens (tertiary/aromatic N) is 2. The van der Waals surface area contributed by atoms with E-state index < -0.39 is 10.0 Å². The Morgan fingerprint density at radius 3 is 2.44 bits per heavy atom.